The van der Waals surface area contributed by atoms with Crippen LogP contribution in [0.4, 0.5) is 5.82 Å². The number of hydrogen-bond acceptors (Lipinski definition) is 4. The molecule has 3 heterocycles. The number of fused-ring (bicyclic) bond motifs is 1. The number of piperidine rings is 1. The van der Waals surface area contributed by atoms with E-state index >= 15 is 0 Å². The summed E-state index contributed by atoms with van der Waals surface area (Å²) in [4.78, 5) is 9.38. The van der Waals surface area contributed by atoms with Crippen molar-refractivity contribution in [1.82, 2.24) is 9.88 Å². The molecule has 0 amide bonds. The minimum atomic E-state index is 0.594. The van der Waals surface area contributed by atoms with Crippen molar-refractivity contribution >= 4 is 5.82 Å². The maximum absolute atomic E-state index is 5.92. The van der Waals surface area contributed by atoms with Crippen LogP contribution in [0.1, 0.15) is 25.7 Å². The number of likely N-dealkylation sites (N-methyl/N-ethyl adjacent to an activating group) is 1. The number of anilines is 1. The molecular weight excluding hydrogens is 250 g/mol. The number of aromatic nitrogens is 1. The van der Waals surface area contributed by atoms with Gasteiger partial charge < -0.3 is 9.64 Å². The summed E-state index contributed by atoms with van der Waals surface area (Å²) >= 11 is 0. The van der Waals surface area contributed by atoms with Crippen LogP contribution in [-0.2, 0) is 0 Å². The van der Waals surface area contributed by atoms with Gasteiger partial charge in [-0.1, -0.05) is 0 Å². The van der Waals surface area contributed by atoms with E-state index in [0.717, 1.165) is 43.2 Å². The lowest BCUT2D eigenvalue weighted by atomic mass is 10.2. The third-order valence-electron chi connectivity index (χ3n) is 5.15. The van der Waals surface area contributed by atoms with Crippen LogP contribution in [0, 0.1) is 5.92 Å². The molecular formula is C16H23N3O. The SMILES string of the molecule is CN1C(COc2ccc(N3CCCC3)nc2)CC2CC21. The fourth-order valence-corrected chi connectivity index (χ4v) is 3.74. The van der Waals surface area contributed by atoms with Gasteiger partial charge in [-0.2, -0.15) is 0 Å². The predicted octanol–water partition coefficient (Wildman–Crippen LogP) is 2.15. The van der Waals surface area contributed by atoms with Gasteiger partial charge in [-0.05, 0) is 50.8 Å². The number of nitrogens with zero attached hydrogens (tertiary/aromatic N) is 3. The average Bonchev–Trinajstić information content (AvgIpc) is 2.91. The summed E-state index contributed by atoms with van der Waals surface area (Å²) in [6.07, 6.45) is 7.16. The molecule has 3 aliphatic rings. The van der Waals surface area contributed by atoms with E-state index in [9.17, 15) is 0 Å². The number of ether oxygens (including phenoxy) is 1. The predicted molar refractivity (Wildman–Crippen MR) is 79.2 cm³/mol. The van der Waals surface area contributed by atoms with Crippen LogP contribution in [0.15, 0.2) is 18.3 Å². The van der Waals surface area contributed by atoms with Gasteiger partial charge in [-0.25, -0.2) is 4.98 Å². The van der Waals surface area contributed by atoms with E-state index in [2.05, 4.69) is 34.0 Å². The highest BCUT2D eigenvalue weighted by molar-refractivity contribution is 5.41. The Balaban J connectivity index is 1.32. The fraction of sp³-hybridized carbons (Fsp3) is 0.688. The maximum atomic E-state index is 5.92. The molecule has 0 N–H and O–H groups in total. The van der Waals surface area contributed by atoms with Crippen molar-refractivity contribution < 1.29 is 4.74 Å². The van der Waals surface area contributed by atoms with E-state index in [1.54, 1.807) is 0 Å². The van der Waals surface area contributed by atoms with Crippen LogP contribution in [0.25, 0.3) is 0 Å². The van der Waals surface area contributed by atoms with Crippen LogP contribution in [0.3, 0.4) is 0 Å². The first-order valence-corrected chi connectivity index (χ1v) is 7.87. The van der Waals surface area contributed by atoms with Crippen molar-refractivity contribution in [2.24, 2.45) is 5.92 Å². The first-order chi connectivity index (χ1) is 9.81. The summed E-state index contributed by atoms with van der Waals surface area (Å²) in [5.41, 5.74) is 0. The van der Waals surface area contributed by atoms with Gasteiger partial charge in [0, 0.05) is 25.2 Å². The zero-order valence-corrected chi connectivity index (χ0v) is 12.2. The van der Waals surface area contributed by atoms with E-state index in [1.165, 1.54) is 25.7 Å². The first kappa shape index (κ1) is 12.5. The second-order valence-electron chi connectivity index (χ2n) is 6.48. The topological polar surface area (TPSA) is 28.6 Å². The number of likely N-dealkylation sites (tertiary alicyclic amines) is 1. The van der Waals surface area contributed by atoms with Gasteiger partial charge in [-0.15, -0.1) is 0 Å². The van der Waals surface area contributed by atoms with Gasteiger partial charge in [0.2, 0.25) is 0 Å². The minimum Gasteiger partial charge on any atom is -0.490 e. The van der Waals surface area contributed by atoms with Gasteiger partial charge in [-0.3, -0.25) is 4.90 Å². The van der Waals surface area contributed by atoms with Gasteiger partial charge >= 0.3 is 0 Å². The molecule has 20 heavy (non-hydrogen) atoms. The van der Waals surface area contributed by atoms with Crippen LogP contribution in [-0.4, -0.2) is 48.7 Å². The Morgan fingerprint density at radius 1 is 1.25 bits per heavy atom. The highest BCUT2D eigenvalue weighted by Gasteiger charge is 2.50. The summed E-state index contributed by atoms with van der Waals surface area (Å²) in [7, 11) is 2.24. The van der Waals surface area contributed by atoms with Crippen LogP contribution < -0.4 is 9.64 Å². The average molecular weight is 273 g/mol. The number of rotatable bonds is 4. The molecule has 4 rings (SSSR count). The molecule has 1 aliphatic carbocycles. The van der Waals surface area contributed by atoms with E-state index < -0.39 is 0 Å². The van der Waals surface area contributed by atoms with Crippen molar-refractivity contribution in [1.29, 1.82) is 0 Å². The van der Waals surface area contributed by atoms with E-state index in [0.29, 0.717) is 6.04 Å². The first-order valence-electron chi connectivity index (χ1n) is 7.87. The molecule has 3 fully saturated rings. The molecule has 3 atom stereocenters. The van der Waals surface area contributed by atoms with E-state index in [-0.39, 0.29) is 0 Å². The molecule has 1 aromatic rings. The van der Waals surface area contributed by atoms with Crippen LogP contribution in [0.5, 0.6) is 5.75 Å². The molecule has 4 nitrogen and oxygen atoms in total. The normalized spacial score (nSPS) is 32.5. The lowest BCUT2D eigenvalue weighted by Crippen LogP contribution is -2.33. The zero-order valence-electron chi connectivity index (χ0n) is 12.2. The zero-order chi connectivity index (χ0) is 13.5. The van der Waals surface area contributed by atoms with Crippen molar-refractivity contribution in [3.8, 4) is 5.75 Å². The van der Waals surface area contributed by atoms with Crippen molar-refractivity contribution in [3.63, 3.8) is 0 Å². The minimum absolute atomic E-state index is 0.594. The Labute approximate surface area is 120 Å². The molecule has 0 bridgehead atoms. The second-order valence-corrected chi connectivity index (χ2v) is 6.48. The molecule has 1 saturated carbocycles. The van der Waals surface area contributed by atoms with E-state index in [4.69, 9.17) is 4.74 Å². The van der Waals surface area contributed by atoms with E-state index in [1.807, 2.05) is 6.20 Å². The summed E-state index contributed by atoms with van der Waals surface area (Å²) in [5, 5.41) is 0. The molecule has 3 unspecified atom stereocenters. The standard InChI is InChI=1S/C16H23N3O/c1-18-13(8-12-9-15(12)18)11-20-14-4-5-16(17-10-14)19-6-2-3-7-19/h4-5,10,12-13,15H,2-3,6-9,11H2,1H3. The van der Waals surface area contributed by atoms with Crippen LogP contribution in [0.2, 0.25) is 0 Å². The lowest BCUT2D eigenvalue weighted by Gasteiger charge is -2.23. The number of hydrogen-bond donors (Lipinski definition) is 0. The summed E-state index contributed by atoms with van der Waals surface area (Å²) < 4.78 is 5.92. The summed E-state index contributed by atoms with van der Waals surface area (Å²) in [5.74, 6) is 2.94. The van der Waals surface area contributed by atoms with Gasteiger partial charge in [0.25, 0.3) is 0 Å². The Bertz CT molecular complexity index is 469. The highest BCUT2D eigenvalue weighted by Crippen LogP contribution is 2.46. The van der Waals surface area contributed by atoms with Crippen LogP contribution >= 0.6 is 0 Å². The Kier molecular flexibility index (Phi) is 3.06. The Hall–Kier alpha value is -1.29. The molecule has 0 spiro atoms. The quantitative estimate of drug-likeness (QED) is 0.840. The third-order valence-corrected chi connectivity index (χ3v) is 5.15. The molecule has 2 saturated heterocycles. The van der Waals surface area contributed by atoms with Crippen molar-refractivity contribution in [2.45, 2.75) is 37.8 Å². The van der Waals surface area contributed by atoms with Crippen molar-refractivity contribution in [3.05, 3.63) is 18.3 Å². The number of pyridine rings is 1. The van der Waals surface area contributed by atoms with Crippen molar-refractivity contribution in [2.75, 3.05) is 31.6 Å². The summed E-state index contributed by atoms with van der Waals surface area (Å²) in [6.45, 7) is 3.08. The Morgan fingerprint density at radius 2 is 2.10 bits per heavy atom. The fourth-order valence-electron chi connectivity index (χ4n) is 3.74. The molecule has 4 heteroatoms. The Morgan fingerprint density at radius 3 is 2.75 bits per heavy atom. The monoisotopic (exact) mass is 273 g/mol. The summed E-state index contributed by atoms with van der Waals surface area (Å²) in [6, 6.07) is 5.60. The van der Waals surface area contributed by atoms with Gasteiger partial charge in [0.1, 0.15) is 18.2 Å². The largest absolute Gasteiger partial charge is 0.490 e. The van der Waals surface area contributed by atoms with Gasteiger partial charge in [0.05, 0.1) is 6.20 Å². The molecule has 1 aromatic heterocycles. The molecule has 108 valence electrons. The maximum Gasteiger partial charge on any atom is 0.137 e. The van der Waals surface area contributed by atoms with Gasteiger partial charge in [0.15, 0.2) is 0 Å². The third kappa shape index (κ3) is 2.26. The highest BCUT2D eigenvalue weighted by atomic mass is 16.5. The molecule has 0 aromatic carbocycles. The second kappa shape index (κ2) is 4.92. The molecule has 2 aliphatic heterocycles. The molecule has 0 radical (unpaired) electrons. The smallest absolute Gasteiger partial charge is 0.137 e. The lowest BCUT2D eigenvalue weighted by molar-refractivity contribution is 0.176.